The third kappa shape index (κ3) is 1.77. The number of carbonyl (C=O) groups excluding carboxylic acids is 1. The fourth-order valence-corrected chi connectivity index (χ4v) is 3.03. The van der Waals surface area contributed by atoms with Crippen LogP contribution >= 0.6 is 27.3 Å². The number of carbonyl (C=O) groups is 1. The monoisotopic (exact) mass is 285 g/mol. The molecule has 15 heavy (non-hydrogen) atoms. The van der Waals surface area contributed by atoms with E-state index in [2.05, 4.69) is 20.9 Å². The van der Waals surface area contributed by atoms with Crippen LogP contribution in [0, 0.1) is 6.92 Å². The third-order valence-corrected chi connectivity index (χ3v) is 3.90. The van der Waals surface area contributed by atoms with E-state index in [1.807, 2.05) is 13.0 Å². The van der Waals surface area contributed by atoms with E-state index in [0.717, 1.165) is 14.9 Å². The molecule has 5 heteroatoms. The van der Waals surface area contributed by atoms with Crippen molar-refractivity contribution in [2.75, 3.05) is 7.11 Å². The maximum atomic E-state index is 11.4. The minimum absolute atomic E-state index is 0.341. The van der Waals surface area contributed by atoms with Gasteiger partial charge in [0.05, 0.1) is 22.9 Å². The molecule has 0 atom stereocenters. The van der Waals surface area contributed by atoms with Crippen LogP contribution in [0.1, 0.15) is 16.1 Å². The average molecular weight is 286 g/mol. The molecule has 0 unspecified atom stereocenters. The Kier molecular flexibility index (Phi) is 2.75. The van der Waals surface area contributed by atoms with E-state index in [1.54, 1.807) is 5.38 Å². The van der Waals surface area contributed by atoms with Gasteiger partial charge in [-0.2, -0.15) is 0 Å². The maximum Gasteiger partial charge on any atom is 0.340 e. The Balaban J connectivity index is 2.74. The van der Waals surface area contributed by atoms with Crippen molar-refractivity contribution in [2.45, 2.75) is 6.92 Å². The average Bonchev–Trinajstić information content (AvgIpc) is 2.60. The van der Waals surface area contributed by atoms with Crippen LogP contribution in [0.2, 0.25) is 0 Å². The van der Waals surface area contributed by atoms with Gasteiger partial charge in [0.25, 0.3) is 0 Å². The molecular weight excluding hydrogens is 278 g/mol. The number of esters is 1. The normalized spacial score (nSPS) is 10.6. The van der Waals surface area contributed by atoms with Gasteiger partial charge < -0.3 is 4.74 Å². The van der Waals surface area contributed by atoms with Crippen molar-refractivity contribution in [1.29, 1.82) is 0 Å². The Labute approximate surface area is 99.2 Å². The minimum Gasteiger partial charge on any atom is -0.465 e. The molecule has 0 amide bonds. The molecule has 0 aliphatic carbocycles. The van der Waals surface area contributed by atoms with E-state index in [4.69, 9.17) is 4.74 Å². The number of methoxy groups -OCH3 is 1. The molecule has 78 valence electrons. The van der Waals surface area contributed by atoms with Gasteiger partial charge in [0.2, 0.25) is 0 Å². The summed E-state index contributed by atoms with van der Waals surface area (Å²) in [6.07, 6.45) is 0. The first-order valence-electron chi connectivity index (χ1n) is 4.26. The molecule has 2 aromatic heterocycles. The van der Waals surface area contributed by atoms with Crippen LogP contribution in [-0.4, -0.2) is 18.1 Å². The first-order valence-corrected chi connectivity index (χ1v) is 5.93. The van der Waals surface area contributed by atoms with Crippen LogP contribution in [-0.2, 0) is 4.74 Å². The lowest BCUT2D eigenvalue weighted by Gasteiger charge is -1.99. The minimum atomic E-state index is -0.341. The topological polar surface area (TPSA) is 39.2 Å². The Hall–Kier alpha value is -0.940. The van der Waals surface area contributed by atoms with Gasteiger partial charge in [-0.3, -0.25) is 4.98 Å². The Morgan fingerprint density at radius 1 is 1.60 bits per heavy atom. The highest BCUT2D eigenvalue weighted by Gasteiger charge is 2.15. The van der Waals surface area contributed by atoms with Crippen molar-refractivity contribution < 1.29 is 9.53 Å². The molecule has 0 aliphatic heterocycles. The largest absolute Gasteiger partial charge is 0.465 e. The summed E-state index contributed by atoms with van der Waals surface area (Å²) in [6, 6.07) is 1.93. The second kappa shape index (κ2) is 3.90. The van der Waals surface area contributed by atoms with Crippen molar-refractivity contribution in [3.05, 3.63) is 27.2 Å². The number of pyridine rings is 1. The highest BCUT2D eigenvalue weighted by molar-refractivity contribution is 9.10. The number of thiophene rings is 1. The van der Waals surface area contributed by atoms with Gasteiger partial charge in [-0.25, -0.2) is 4.79 Å². The zero-order valence-corrected chi connectivity index (χ0v) is 10.6. The van der Waals surface area contributed by atoms with Gasteiger partial charge >= 0.3 is 5.97 Å². The molecule has 0 spiro atoms. The van der Waals surface area contributed by atoms with Gasteiger partial charge in [-0.1, -0.05) is 0 Å². The van der Waals surface area contributed by atoms with Crippen LogP contribution in [0.3, 0.4) is 0 Å². The van der Waals surface area contributed by atoms with Gasteiger partial charge in [0.1, 0.15) is 0 Å². The summed E-state index contributed by atoms with van der Waals surface area (Å²) in [7, 11) is 1.37. The van der Waals surface area contributed by atoms with Crippen molar-refractivity contribution in [3.8, 4) is 0 Å². The third-order valence-electron chi connectivity index (χ3n) is 2.01. The highest BCUT2D eigenvalue weighted by atomic mass is 79.9. The van der Waals surface area contributed by atoms with E-state index in [-0.39, 0.29) is 5.97 Å². The molecular formula is C10H8BrNO2S. The molecule has 2 rings (SSSR count). The molecule has 3 nitrogen and oxygen atoms in total. The quantitative estimate of drug-likeness (QED) is 0.756. The van der Waals surface area contributed by atoms with Crippen molar-refractivity contribution >= 4 is 43.5 Å². The summed E-state index contributed by atoms with van der Waals surface area (Å²) < 4.78 is 6.63. The van der Waals surface area contributed by atoms with Gasteiger partial charge in [0, 0.05) is 15.5 Å². The summed E-state index contributed by atoms with van der Waals surface area (Å²) in [5.41, 5.74) is 2.11. The standard InChI is InChI=1S/C10H8BrNO2S/c1-5-3-7(11)9-8(12-5)6(4-15-9)10(13)14-2/h3-4H,1-2H3. The lowest BCUT2D eigenvalue weighted by atomic mass is 10.2. The number of ether oxygens (including phenoxy) is 1. The summed E-state index contributed by atoms with van der Waals surface area (Å²) in [5.74, 6) is -0.341. The summed E-state index contributed by atoms with van der Waals surface area (Å²) in [5, 5.41) is 1.77. The molecule has 0 saturated heterocycles. The van der Waals surface area contributed by atoms with E-state index >= 15 is 0 Å². The fourth-order valence-electron chi connectivity index (χ4n) is 1.34. The van der Waals surface area contributed by atoms with E-state index < -0.39 is 0 Å². The second-order valence-electron chi connectivity index (χ2n) is 3.06. The predicted molar refractivity (Wildman–Crippen MR) is 63.4 cm³/mol. The summed E-state index contributed by atoms with van der Waals surface area (Å²) in [6.45, 7) is 1.89. The number of aromatic nitrogens is 1. The van der Waals surface area contributed by atoms with Crippen LogP contribution in [0.15, 0.2) is 15.9 Å². The van der Waals surface area contributed by atoms with Crippen LogP contribution in [0.5, 0.6) is 0 Å². The fraction of sp³-hybridized carbons (Fsp3) is 0.200. The maximum absolute atomic E-state index is 11.4. The van der Waals surface area contributed by atoms with E-state index in [0.29, 0.717) is 11.1 Å². The second-order valence-corrected chi connectivity index (χ2v) is 4.80. The molecule has 0 radical (unpaired) electrons. The lowest BCUT2D eigenvalue weighted by molar-refractivity contribution is 0.0603. The molecule has 0 N–H and O–H groups in total. The Bertz CT molecular complexity index is 535. The van der Waals surface area contributed by atoms with Gasteiger partial charge in [-0.05, 0) is 28.9 Å². The molecule has 2 heterocycles. The van der Waals surface area contributed by atoms with E-state index in [1.165, 1.54) is 18.4 Å². The number of aryl methyl sites for hydroxylation is 1. The molecule has 0 bridgehead atoms. The number of halogens is 1. The van der Waals surface area contributed by atoms with Crippen LogP contribution in [0.4, 0.5) is 0 Å². The SMILES string of the molecule is COC(=O)c1csc2c(Br)cc(C)nc12. The van der Waals surface area contributed by atoms with Crippen molar-refractivity contribution in [3.63, 3.8) is 0 Å². The lowest BCUT2D eigenvalue weighted by Crippen LogP contribution is -2.00. The molecule has 0 aromatic carbocycles. The number of hydrogen-bond donors (Lipinski definition) is 0. The van der Waals surface area contributed by atoms with Crippen LogP contribution < -0.4 is 0 Å². The Morgan fingerprint density at radius 3 is 3.00 bits per heavy atom. The molecule has 0 fully saturated rings. The molecule has 2 aromatic rings. The zero-order chi connectivity index (χ0) is 11.0. The summed E-state index contributed by atoms with van der Waals surface area (Å²) in [4.78, 5) is 15.8. The predicted octanol–water partition coefficient (Wildman–Crippen LogP) is 3.15. The number of rotatable bonds is 1. The highest BCUT2D eigenvalue weighted by Crippen LogP contribution is 2.31. The zero-order valence-electron chi connectivity index (χ0n) is 8.20. The first kappa shape index (κ1) is 10.6. The number of fused-ring (bicyclic) bond motifs is 1. The smallest absolute Gasteiger partial charge is 0.340 e. The number of nitrogens with zero attached hydrogens (tertiary/aromatic N) is 1. The van der Waals surface area contributed by atoms with Crippen molar-refractivity contribution in [2.24, 2.45) is 0 Å². The summed E-state index contributed by atoms with van der Waals surface area (Å²) >= 11 is 4.93. The van der Waals surface area contributed by atoms with Crippen molar-refractivity contribution in [1.82, 2.24) is 4.98 Å². The van der Waals surface area contributed by atoms with Crippen LogP contribution in [0.25, 0.3) is 10.2 Å². The Morgan fingerprint density at radius 2 is 2.33 bits per heavy atom. The first-order chi connectivity index (χ1) is 7.13. The number of hydrogen-bond acceptors (Lipinski definition) is 4. The van der Waals surface area contributed by atoms with Gasteiger partial charge in [0.15, 0.2) is 0 Å². The molecule has 0 aliphatic rings. The van der Waals surface area contributed by atoms with E-state index in [9.17, 15) is 4.79 Å². The molecule has 0 saturated carbocycles. The van der Waals surface area contributed by atoms with Gasteiger partial charge in [-0.15, -0.1) is 11.3 Å².